The number of methoxy groups -OCH3 is 2. The zero-order chi connectivity index (χ0) is 20.8. The summed E-state index contributed by atoms with van der Waals surface area (Å²) in [6.45, 7) is 3.14. The summed E-state index contributed by atoms with van der Waals surface area (Å²) in [5.41, 5.74) is 2.23. The molecule has 152 valence electrons. The molecular formula is C24H29N2O3+. The predicted molar refractivity (Wildman–Crippen MR) is 116 cm³/mol. The predicted octanol–water partition coefficient (Wildman–Crippen LogP) is 2.75. The van der Waals surface area contributed by atoms with Gasteiger partial charge in [0.25, 0.3) is 5.91 Å². The lowest BCUT2D eigenvalue weighted by Gasteiger charge is -2.19. The maximum absolute atomic E-state index is 12.6. The first-order valence-electron chi connectivity index (χ1n) is 9.81. The second-order valence-electron chi connectivity index (χ2n) is 7.36. The minimum atomic E-state index is -0.0533. The quantitative estimate of drug-likeness (QED) is 0.619. The maximum Gasteiger partial charge on any atom is 0.275 e. The lowest BCUT2D eigenvalue weighted by molar-refractivity contribution is -0.885. The normalized spacial score (nSPS) is 13.0. The molecule has 0 fully saturated rings. The van der Waals surface area contributed by atoms with Crippen LogP contribution in [0.1, 0.15) is 24.1 Å². The van der Waals surface area contributed by atoms with Crippen LogP contribution in [0.2, 0.25) is 0 Å². The van der Waals surface area contributed by atoms with E-state index in [4.69, 9.17) is 9.47 Å². The van der Waals surface area contributed by atoms with E-state index in [9.17, 15) is 4.79 Å². The molecule has 1 unspecified atom stereocenters. The van der Waals surface area contributed by atoms with E-state index in [-0.39, 0.29) is 11.9 Å². The summed E-state index contributed by atoms with van der Waals surface area (Å²) in [6, 6.07) is 20.3. The average molecular weight is 394 g/mol. The summed E-state index contributed by atoms with van der Waals surface area (Å²) in [4.78, 5) is 13.7. The minimum absolute atomic E-state index is 0.0309. The van der Waals surface area contributed by atoms with E-state index in [2.05, 4.69) is 29.6 Å². The van der Waals surface area contributed by atoms with Gasteiger partial charge in [-0.15, -0.1) is 0 Å². The molecule has 0 heterocycles. The summed E-state index contributed by atoms with van der Waals surface area (Å²) in [6.07, 6.45) is 0. The lowest BCUT2D eigenvalue weighted by atomic mass is 10.00. The fourth-order valence-corrected chi connectivity index (χ4v) is 3.67. The van der Waals surface area contributed by atoms with Crippen LogP contribution in [-0.2, 0) is 11.3 Å². The number of benzene rings is 3. The van der Waals surface area contributed by atoms with E-state index in [1.807, 2.05) is 50.4 Å². The molecule has 5 nitrogen and oxygen atoms in total. The van der Waals surface area contributed by atoms with Crippen LogP contribution in [0.25, 0.3) is 10.8 Å². The molecule has 0 saturated carbocycles. The molecule has 0 aliphatic heterocycles. The van der Waals surface area contributed by atoms with Gasteiger partial charge in [0.1, 0.15) is 6.54 Å². The Balaban J connectivity index is 1.61. The van der Waals surface area contributed by atoms with Crippen molar-refractivity contribution in [2.24, 2.45) is 0 Å². The Bertz CT molecular complexity index is 982. The van der Waals surface area contributed by atoms with Crippen molar-refractivity contribution in [1.82, 2.24) is 5.32 Å². The zero-order valence-corrected chi connectivity index (χ0v) is 17.5. The Morgan fingerprint density at radius 1 is 1.00 bits per heavy atom. The number of hydrogen-bond donors (Lipinski definition) is 2. The van der Waals surface area contributed by atoms with E-state index in [1.165, 1.54) is 10.8 Å². The highest BCUT2D eigenvalue weighted by atomic mass is 16.5. The van der Waals surface area contributed by atoms with E-state index in [0.717, 1.165) is 22.6 Å². The number of nitrogens with one attached hydrogen (secondary N) is 2. The largest absolute Gasteiger partial charge is 0.493 e. The van der Waals surface area contributed by atoms with Crippen molar-refractivity contribution < 1.29 is 19.2 Å². The van der Waals surface area contributed by atoms with Crippen molar-refractivity contribution in [3.63, 3.8) is 0 Å². The topological polar surface area (TPSA) is 52.0 Å². The van der Waals surface area contributed by atoms with Crippen LogP contribution in [0, 0.1) is 0 Å². The minimum Gasteiger partial charge on any atom is -0.493 e. The molecule has 3 rings (SSSR count). The van der Waals surface area contributed by atoms with Crippen LogP contribution in [0.4, 0.5) is 0 Å². The molecule has 2 atom stereocenters. The summed E-state index contributed by atoms with van der Waals surface area (Å²) < 4.78 is 10.6. The molecule has 2 N–H and O–H groups in total. The Kier molecular flexibility index (Phi) is 6.73. The number of likely N-dealkylation sites (N-methyl/N-ethyl adjacent to an activating group) is 1. The fourth-order valence-electron chi connectivity index (χ4n) is 3.67. The van der Waals surface area contributed by atoms with Gasteiger partial charge in [-0.2, -0.15) is 0 Å². The van der Waals surface area contributed by atoms with Gasteiger partial charge in [0.15, 0.2) is 18.0 Å². The number of fused-ring (bicyclic) bond motifs is 1. The molecule has 29 heavy (non-hydrogen) atoms. The SMILES string of the molecule is COc1ccc(C[NH+](C)CC(=O)N[C@@H](C)c2cccc3ccccc23)cc1OC. The molecule has 0 radical (unpaired) electrons. The third-order valence-electron chi connectivity index (χ3n) is 5.08. The first-order chi connectivity index (χ1) is 14.0. The van der Waals surface area contributed by atoms with Gasteiger partial charge >= 0.3 is 0 Å². The highest BCUT2D eigenvalue weighted by molar-refractivity contribution is 5.87. The third kappa shape index (κ3) is 5.06. The molecule has 0 aliphatic carbocycles. The number of carbonyl (C=O) groups excluding carboxylic acids is 1. The molecule has 0 spiro atoms. The number of carbonyl (C=O) groups is 1. The third-order valence-corrected chi connectivity index (χ3v) is 5.08. The fraction of sp³-hybridized carbons (Fsp3) is 0.292. The molecular weight excluding hydrogens is 364 g/mol. The summed E-state index contributed by atoms with van der Waals surface area (Å²) in [5.74, 6) is 1.44. The Morgan fingerprint density at radius 3 is 2.48 bits per heavy atom. The maximum atomic E-state index is 12.6. The van der Waals surface area contributed by atoms with Crippen LogP contribution in [-0.4, -0.2) is 33.7 Å². The summed E-state index contributed by atoms with van der Waals surface area (Å²) in [7, 11) is 5.26. The number of rotatable bonds is 8. The van der Waals surface area contributed by atoms with Gasteiger partial charge in [-0.25, -0.2) is 0 Å². The molecule has 3 aromatic carbocycles. The van der Waals surface area contributed by atoms with Gasteiger partial charge in [0, 0.05) is 5.56 Å². The van der Waals surface area contributed by atoms with E-state index < -0.39 is 0 Å². The highest BCUT2D eigenvalue weighted by Crippen LogP contribution is 2.27. The van der Waals surface area contributed by atoms with Crippen LogP contribution < -0.4 is 19.7 Å². The second-order valence-corrected chi connectivity index (χ2v) is 7.36. The van der Waals surface area contributed by atoms with Gasteiger partial charge < -0.3 is 19.7 Å². The van der Waals surface area contributed by atoms with E-state index in [0.29, 0.717) is 18.0 Å². The van der Waals surface area contributed by atoms with Crippen molar-refractivity contribution in [1.29, 1.82) is 0 Å². The molecule has 0 bridgehead atoms. The number of quaternary nitrogens is 1. The van der Waals surface area contributed by atoms with Gasteiger partial charge in [0.2, 0.25) is 0 Å². The smallest absolute Gasteiger partial charge is 0.275 e. The molecule has 0 aromatic heterocycles. The second kappa shape index (κ2) is 9.43. The first kappa shape index (κ1) is 20.7. The highest BCUT2D eigenvalue weighted by Gasteiger charge is 2.16. The molecule has 1 amide bonds. The first-order valence-corrected chi connectivity index (χ1v) is 9.81. The van der Waals surface area contributed by atoms with Crippen LogP contribution in [0.5, 0.6) is 11.5 Å². The van der Waals surface area contributed by atoms with Crippen molar-refractivity contribution >= 4 is 16.7 Å². The van der Waals surface area contributed by atoms with Crippen LogP contribution >= 0.6 is 0 Å². The Hall–Kier alpha value is -3.05. The van der Waals surface area contributed by atoms with E-state index >= 15 is 0 Å². The number of ether oxygens (including phenoxy) is 2. The molecule has 3 aromatic rings. The number of hydrogen-bond acceptors (Lipinski definition) is 3. The van der Waals surface area contributed by atoms with Crippen LogP contribution in [0.15, 0.2) is 60.7 Å². The van der Waals surface area contributed by atoms with Crippen molar-refractivity contribution in [3.05, 3.63) is 71.8 Å². The summed E-state index contributed by atoms with van der Waals surface area (Å²) in [5, 5.41) is 5.50. The van der Waals surface area contributed by atoms with Crippen molar-refractivity contribution in [2.75, 3.05) is 27.8 Å². The zero-order valence-electron chi connectivity index (χ0n) is 17.5. The van der Waals surface area contributed by atoms with Gasteiger partial charge in [0.05, 0.1) is 27.3 Å². The Morgan fingerprint density at radius 2 is 1.72 bits per heavy atom. The monoisotopic (exact) mass is 393 g/mol. The van der Waals surface area contributed by atoms with Crippen molar-refractivity contribution in [2.45, 2.75) is 19.5 Å². The van der Waals surface area contributed by atoms with Gasteiger partial charge in [-0.05, 0) is 41.5 Å². The standard InChI is InChI=1S/C24H28N2O3/c1-17(20-11-7-9-19-8-5-6-10-21(19)20)25-24(27)16-26(2)15-18-12-13-22(28-3)23(14-18)29-4/h5-14,17H,15-16H2,1-4H3,(H,25,27)/p+1/t17-/m0/s1. The average Bonchev–Trinajstić information content (AvgIpc) is 2.72. The number of amides is 1. The van der Waals surface area contributed by atoms with Crippen LogP contribution in [0.3, 0.4) is 0 Å². The molecule has 0 saturated heterocycles. The lowest BCUT2D eigenvalue weighted by Crippen LogP contribution is -3.08. The molecule has 5 heteroatoms. The van der Waals surface area contributed by atoms with Crippen molar-refractivity contribution in [3.8, 4) is 11.5 Å². The molecule has 0 aliphatic rings. The van der Waals surface area contributed by atoms with Gasteiger partial charge in [-0.1, -0.05) is 42.5 Å². The summed E-state index contributed by atoms with van der Waals surface area (Å²) >= 11 is 0. The van der Waals surface area contributed by atoms with E-state index in [1.54, 1.807) is 14.2 Å². The van der Waals surface area contributed by atoms with Gasteiger partial charge in [-0.3, -0.25) is 4.79 Å². The Labute approximate surface area is 172 Å².